The molecule has 0 bridgehead atoms. The van der Waals surface area contributed by atoms with E-state index in [-0.39, 0.29) is 12.8 Å². The van der Waals surface area contributed by atoms with Gasteiger partial charge < -0.3 is 24.4 Å². The van der Waals surface area contributed by atoms with Crippen LogP contribution >= 0.6 is 0 Å². The topological polar surface area (TPSA) is 119 Å². The number of rotatable bonds is 11. The van der Waals surface area contributed by atoms with Crippen LogP contribution in [0, 0.1) is 0 Å². The lowest BCUT2D eigenvalue weighted by molar-refractivity contribution is -0.365. The van der Waals surface area contributed by atoms with Crippen molar-refractivity contribution < 1.29 is 38.8 Å². The van der Waals surface area contributed by atoms with Crippen LogP contribution < -0.4 is 0 Å². The number of unbranched alkanes of at least 4 members (excludes halogenated alkanes) is 2. The van der Waals surface area contributed by atoms with Gasteiger partial charge in [0.1, 0.15) is 0 Å². The molecule has 0 rings (SSSR count). The molecule has 0 saturated heterocycles. The molecule has 0 aliphatic heterocycles. The van der Waals surface area contributed by atoms with E-state index >= 15 is 0 Å². The zero-order valence-electron chi connectivity index (χ0n) is 13.9. The monoisotopic (exact) mass is 334 g/mol. The maximum Gasteiger partial charge on any atom is 0.453 e. The van der Waals surface area contributed by atoms with Crippen LogP contribution in [0.5, 0.6) is 0 Å². The molecule has 1 atom stereocenters. The minimum atomic E-state index is -2.67. The van der Waals surface area contributed by atoms with Gasteiger partial charge in [0.05, 0.1) is 6.61 Å². The highest BCUT2D eigenvalue weighted by atomic mass is 16.9. The van der Waals surface area contributed by atoms with Crippen molar-refractivity contribution in [1.29, 1.82) is 0 Å². The van der Waals surface area contributed by atoms with E-state index in [4.69, 9.17) is 19.3 Å². The Morgan fingerprint density at radius 3 is 1.70 bits per heavy atom. The van der Waals surface area contributed by atoms with Gasteiger partial charge in [-0.2, -0.15) is 0 Å². The Hall–Kier alpha value is -1.67. The molecule has 0 fully saturated rings. The Kier molecular flexibility index (Phi) is 10.2. The zero-order valence-corrected chi connectivity index (χ0v) is 13.9. The van der Waals surface area contributed by atoms with Crippen LogP contribution in [0.15, 0.2) is 0 Å². The van der Waals surface area contributed by atoms with Gasteiger partial charge in [-0.25, -0.2) is 0 Å². The van der Waals surface area contributed by atoms with E-state index < -0.39 is 36.6 Å². The van der Waals surface area contributed by atoms with Gasteiger partial charge in [0, 0.05) is 19.8 Å². The highest BCUT2D eigenvalue weighted by molar-refractivity contribution is 5.73. The molecule has 23 heavy (non-hydrogen) atoms. The fourth-order valence-electron chi connectivity index (χ4n) is 1.64. The Morgan fingerprint density at radius 2 is 1.39 bits per heavy atom. The van der Waals surface area contributed by atoms with Crippen molar-refractivity contribution >= 4 is 17.9 Å². The molecular weight excluding hydrogens is 308 g/mol. The van der Waals surface area contributed by atoms with E-state index in [1.54, 1.807) is 0 Å². The predicted octanol–water partition coefficient (Wildman–Crippen LogP) is 1.02. The van der Waals surface area contributed by atoms with Gasteiger partial charge in [0.2, 0.25) is 0 Å². The quantitative estimate of drug-likeness (QED) is 0.424. The van der Waals surface area contributed by atoms with Crippen LogP contribution in [0.1, 0.15) is 59.3 Å². The summed E-state index contributed by atoms with van der Waals surface area (Å²) in [5, 5.41) is 19.0. The molecule has 0 aromatic carbocycles. The first-order chi connectivity index (χ1) is 10.8. The van der Waals surface area contributed by atoms with Crippen molar-refractivity contribution in [3.63, 3.8) is 0 Å². The predicted molar refractivity (Wildman–Crippen MR) is 78.8 cm³/mol. The summed E-state index contributed by atoms with van der Waals surface area (Å²) in [7, 11) is 0. The lowest BCUT2D eigenvalue weighted by Gasteiger charge is -2.33. The fraction of sp³-hybridized carbons (Fsp3) is 0.800. The van der Waals surface area contributed by atoms with E-state index in [9.17, 15) is 19.5 Å². The molecule has 0 spiro atoms. The van der Waals surface area contributed by atoms with Gasteiger partial charge in [-0.1, -0.05) is 26.7 Å². The summed E-state index contributed by atoms with van der Waals surface area (Å²) in [6, 6.07) is 0. The first-order valence-electron chi connectivity index (χ1n) is 7.73. The Morgan fingerprint density at radius 1 is 0.957 bits per heavy atom. The summed E-state index contributed by atoms with van der Waals surface area (Å²) in [5.74, 6) is -5.24. The molecule has 8 heteroatoms. The van der Waals surface area contributed by atoms with Gasteiger partial charge in [0.25, 0.3) is 0 Å². The fourth-order valence-corrected chi connectivity index (χ4v) is 1.64. The number of hydrogen-bond acceptors (Lipinski definition) is 8. The molecule has 0 heterocycles. The zero-order chi connectivity index (χ0) is 17.9. The third-order valence-electron chi connectivity index (χ3n) is 2.85. The number of esters is 3. The van der Waals surface area contributed by atoms with Crippen molar-refractivity contribution in [3.8, 4) is 0 Å². The third kappa shape index (κ3) is 7.94. The van der Waals surface area contributed by atoms with E-state index in [1.807, 2.05) is 13.8 Å². The molecule has 0 amide bonds. The maximum absolute atomic E-state index is 11.8. The van der Waals surface area contributed by atoms with Crippen LogP contribution in [0.25, 0.3) is 0 Å². The number of hydrogen-bond donors (Lipinski definition) is 2. The number of carbonyl (C=O) groups excluding carboxylic acids is 3. The largest absolute Gasteiger partial charge is 0.453 e. The number of aliphatic hydroxyl groups is 2. The van der Waals surface area contributed by atoms with Crippen molar-refractivity contribution in [3.05, 3.63) is 0 Å². The lowest BCUT2D eigenvalue weighted by Crippen LogP contribution is -2.54. The minimum absolute atomic E-state index is 0.00975. The van der Waals surface area contributed by atoms with Crippen molar-refractivity contribution in [2.24, 2.45) is 0 Å². The van der Waals surface area contributed by atoms with E-state index in [1.165, 1.54) is 0 Å². The van der Waals surface area contributed by atoms with Crippen molar-refractivity contribution in [2.45, 2.75) is 71.4 Å². The van der Waals surface area contributed by atoms with Crippen LogP contribution in [0.4, 0.5) is 0 Å². The van der Waals surface area contributed by atoms with Gasteiger partial charge >= 0.3 is 23.9 Å². The second kappa shape index (κ2) is 11.0. The number of aliphatic hydroxyl groups excluding tert-OH is 2. The van der Waals surface area contributed by atoms with Crippen LogP contribution in [-0.2, 0) is 28.6 Å². The van der Waals surface area contributed by atoms with Crippen LogP contribution in [-0.4, -0.2) is 46.8 Å². The summed E-state index contributed by atoms with van der Waals surface area (Å²) >= 11 is 0. The summed E-state index contributed by atoms with van der Waals surface area (Å²) in [5.41, 5.74) is 0. The third-order valence-corrected chi connectivity index (χ3v) is 2.85. The Labute approximate surface area is 135 Å². The molecule has 0 aliphatic carbocycles. The van der Waals surface area contributed by atoms with E-state index in [0.717, 1.165) is 6.92 Å². The molecule has 0 radical (unpaired) electrons. The van der Waals surface area contributed by atoms with Crippen molar-refractivity contribution in [2.75, 3.05) is 6.61 Å². The summed E-state index contributed by atoms with van der Waals surface area (Å²) in [6.07, 6.45) is 0.516. The second-order valence-electron chi connectivity index (χ2n) is 5.05. The smallest absolute Gasteiger partial charge is 0.393 e. The minimum Gasteiger partial charge on any atom is -0.393 e. The molecular formula is C15H26O8. The summed E-state index contributed by atoms with van der Waals surface area (Å²) in [4.78, 5) is 34.9. The summed E-state index contributed by atoms with van der Waals surface area (Å²) < 4.78 is 14.6. The first kappa shape index (κ1) is 21.3. The highest BCUT2D eigenvalue weighted by Crippen LogP contribution is 2.24. The lowest BCUT2D eigenvalue weighted by atomic mass is 10.2. The first-order valence-corrected chi connectivity index (χ1v) is 7.73. The molecule has 2 N–H and O–H groups in total. The molecule has 0 saturated carbocycles. The van der Waals surface area contributed by atoms with Gasteiger partial charge in [-0.15, -0.1) is 0 Å². The molecule has 1 unspecified atom stereocenters. The average Bonchev–Trinajstić information content (AvgIpc) is 2.49. The molecule has 0 aliphatic rings. The van der Waals surface area contributed by atoms with E-state index in [0.29, 0.717) is 25.7 Å². The van der Waals surface area contributed by atoms with Crippen LogP contribution in [0.3, 0.4) is 0 Å². The van der Waals surface area contributed by atoms with Gasteiger partial charge in [0.15, 0.2) is 6.10 Å². The maximum atomic E-state index is 11.8. The molecule has 134 valence electrons. The van der Waals surface area contributed by atoms with E-state index in [2.05, 4.69) is 0 Å². The SMILES string of the molecule is CCCCC(=O)OC(OC(C)=O)(OC(=O)CCCC)C(O)CO. The molecule has 8 nitrogen and oxygen atoms in total. The normalized spacial score (nSPS) is 12.4. The summed E-state index contributed by atoms with van der Waals surface area (Å²) in [6.45, 7) is 3.79. The standard InChI is InChI=1S/C15H26O8/c1-4-6-8-13(19)22-15(12(18)10-16,21-11(3)17)23-14(20)9-7-5-2/h12,16,18H,4-10H2,1-3H3. The second-order valence-corrected chi connectivity index (χ2v) is 5.05. The van der Waals surface area contributed by atoms with Gasteiger partial charge in [-0.3, -0.25) is 14.4 Å². The van der Waals surface area contributed by atoms with Gasteiger partial charge in [-0.05, 0) is 12.8 Å². The average molecular weight is 334 g/mol. The Bertz CT molecular complexity index is 371. The molecule has 0 aromatic rings. The van der Waals surface area contributed by atoms with Crippen LogP contribution in [0.2, 0.25) is 0 Å². The van der Waals surface area contributed by atoms with Crippen molar-refractivity contribution in [1.82, 2.24) is 0 Å². The highest BCUT2D eigenvalue weighted by Gasteiger charge is 2.50. The molecule has 0 aromatic heterocycles. The number of ether oxygens (including phenoxy) is 3. The Balaban J connectivity index is 5.28. The number of carbonyl (C=O) groups is 3.